The Hall–Kier alpha value is -1.68. The lowest BCUT2D eigenvalue weighted by molar-refractivity contribution is 0.405. The maximum atomic E-state index is 5.08. The third kappa shape index (κ3) is 3.47. The van der Waals surface area contributed by atoms with Gasteiger partial charge in [0, 0.05) is 5.57 Å². The van der Waals surface area contributed by atoms with Gasteiger partial charge in [0.2, 0.25) is 4.77 Å². The van der Waals surface area contributed by atoms with E-state index in [1.807, 2.05) is 38.2 Å². The maximum absolute atomic E-state index is 5.08. The molecule has 0 amide bonds. The number of allylic oxidation sites excluding steroid dienone is 7. The molecule has 1 aromatic heterocycles. The summed E-state index contributed by atoms with van der Waals surface area (Å²) in [6, 6.07) is 0. The van der Waals surface area contributed by atoms with Gasteiger partial charge in [-0.05, 0) is 32.1 Å². The molecular weight excluding hydrogens is 220 g/mol. The lowest BCUT2D eigenvalue weighted by atomic mass is 10.2. The smallest absolute Gasteiger partial charge is 0.255 e. The Kier molecular flexibility index (Phi) is 4.66. The van der Waals surface area contributed by atoms with Crippen molar-refractivity contribution >= 4 is 17.8 Å². The van der Waals surface area contributed by atoms with E-state index in [2.05, 4.69) is 16.7 Å². The molecular formula is C12H14N2OS. The van der Waals surface area contributed by atoms with E-state index in [0.29, 0.717) is 10.7 Å². The molecule has 0 aliphatic rings. The SMILES string of the molecule is C=C\C(=C/C=C(C)\C=C/C)c1nc(=S)[nH]o1. The van der Waals surface area contributed by atoms with Crippen LogP contribution < -0.4 is 0 Å². The highest BCUT2D eigenvalue weighted by molar-refractivity contribution is 7.71. The molecule has 3 nitrogen and oxygen atoms in total. The van der Waals surface area contributed by atoms with Gasteiger partial charge in [-0.3, -0.25) is 0 Å². The third-order valence-electron chi connectivity index (χ3n) is 1.86. The van der Waals surface area contributed by atoms with Crippen molar-refractivity contribution in [1.29, 1.82) is 0 Å². The molecule has 0 aliphatic carbocycles. The molecule has 0 unspecified atom stereocenters. The van der Waals surface area contributed by atoms with Crippen LogP contribution in [0.4, 0.5) is 0 Å². The number of hydrogen-bond acceptors (Lipinski definition) is 3. The second-order valence-electron chi connectivity index (χ2n) is 3.16. The first kappa shape index (κ1) is 12.4. The van der Waals surface area contributed by atoms with E-state index in [4.69, 9.17) is 16.7 Å². The number of nitrogens with zero attached hydrogens (tertiary/aromatic N) is 1. The molecule has 0 atom stereocenters. The summed E-state index contributed by atoms with van der Waals surface area (Å²) in [4.78, 5) is 4.01. The van der Waals surface area contributed by atoms with Crippen LogP contribution in [0.3, 0.4) is 0 Å². The molecule has 0 spiro atoms. The number of hydrogen-bond donors (Lipinski definition) is 1. The van der Waals surface area contributed by atoms with Crippen molar-refractivity contribution in [2.45, 2.75) is 13.8 Å². The van der Waals surface area contributed by atoms with Gasteiger partial charge in [0.1, 0.15) is 0 Å². The minimum atomic E-state index is 0.330. The van der Waals surface area contributed by atoms with Crippen LogP contribution in [-0.2, 0) is 0 Å². The lowest BCUT2D eigenvalue weighted by Crippen LogP contribution is -1.79. The summed E-state index contributed by atoms with van der Waals surface area (Å²) < 4.78 is 5.41. The normalized spacial score (nSPS) is 13.4. The molecule has 0 aliphatic heterocycles. The molecule has 4 heteroatoms. The molecule has 0 bridgehead atoms. The van der Waals surface area contributed by atoms with Gasteiger partial charge < -0.3 is 4.52 Å². The monoisotopic (exact) mass is 234 g/mol. The van der Waals surface area contributed by atoms with Gasteiger partial charge in [0.25, 0.3) is 5.89 Å². The van der Waals surface area contributed by atoms with E-state index in [1.165, 1.54) is 0 Å². The molecule has 1 aromatic rings. The fraction of sp³-hybridized carbons (Fsp3) is 0.167. The zero-order valence-electron chi connectivity index (χ0n) is 9.36. The number of rotatable bonds is 4. The van der Waals surface area contributed by atoms with Gasteiger partial charge in [0.05, 0.1) is 0 Å². The Morgan fingerprint density at radius 2 is 2.25 bits per heavy atom. The number of nitrogens with one attached hydrogen (secondary N) is 1. The van der Waals surface area contributed by atoms with Gasteiger partial charge in [0.15, 0.2) is 0 Å². The van der Waals surface area contributed by atoms with Crippen LogP contribution in [0, 0.1) is 4.77 Å². The van der Waals surface area contributed by atoms with E-state index < -0.39 is 0 Å². The van der Waals surface area contributed by atoms with E-state index in [1.54, 1.807) is 6.08 Å². The Bertz CT molecular complexity index is 503. The highest BCUT2D eigenvalue weighted by atomic mass is 32.1. The largest absolute Gasteiger partial charge is 0.359 e. The molecule has 0 aromatic carbocycles. The fourth-order valence-electron chi connectivity index (χ4n) is 1.12. The highest BCUT2D eigenvalue weighted by Gasteiger charge is 2.02. The first-order valence-corrected chi connectivity index (χ1v) is 5.27. The van der Waals surface area contributed by atoms with E-state index in [0.717, 1.165) is 11.1 Å². The Labute approximate surface area is 99.9 Å². The molecule has 1 rings (SSSR count). The standard InChI is InChI=1S/C12H14N2OS/c1-4-6-9(3)7-8-10(5-2)11-13-12(16)14-15-11/h4-8H,2H2,1,3H3,(H,14,16)/b6-4-,9-7-,10-8+. The summed E-state index contributed by atoms with van der Waals surface area (Å²) in [5.74, 6) is 0.449. The molecule has 1 N–H and O–H groups in total. The minimum absolute atomic E-state index is 0.330. The summed E-state index contributed by atoms with van der Waals surface area (Å²) in [6.07, 6.45) is 9.51. The first-order chi connectivity index (χ1) is 7.67. The number of aromatic nitrogens is 2. The van der Waals surface area contributed by atoms with Crippen molar-refractivity contribution in [3.05, 3.63) is 53.2 Å². The fourth-order valence-corrected chi connectivity index (χ4v) is 1.24. The molecule has 0 saturated heterocycles. The zero-order chi connectivity index (χ0) is 12.0. The van der Waals surface area contributed by atoms with Gasteiger partial charge in [-0.15, -0.1) is 0 Å². The summed E-state index contributed by atoms with van der Waals surface area (Å²) in [5, 5.41) is 2.50. The average Bonchev–Trinajstić information content (AvgIpc) is 2.66. The molecule has 84 valence electrons. The van der Waals surface area contributed by atoms with E-state index in [9.17, 15) is 0 Å². The van der Waals surface area contributed by atoms with Crippen molar-refractivity contribution in [2.24, 2.45) is 0 Å². The quantitative estimate of drug-likeness (QED) is 0.636. The molecule has 16 heavy (non-hydrogen) atoms. The van der Waals surface area contributed by atoms with Crippen LogP contribution in [0.5, 0.6) is 0 Å². The summed E-state index contributed by atoms with van der Waals surface area (Å²) in [7, 11) is 0. The van der Waals surface area contributed by atoms with Crippen molar-refractivity contribution in [1.82, 2.24) is 10.1 Å². The molecule has 0 saturated carbocycles. The van der Waals surface area contributed by atoms with Crippen molar-refractivity contribution in [2.75, 3.05) is 0 Å². The van der Waals surface area contributed by atoms with Crippen LogP contribution in [0.2, 0.25) is 0 Å². The Balaban J connectivity index is 2.99. The maximum Gasteiger partial charge on any atom is 0.255 e. The zero-order valence-corrected chi connectivity index (χ0v) is 10.2. The average molecular weight is 234 g/mol. The second kappa shape index (κ2) is 6.02. The van der Waals surface area contributed by atoms with Gasteiger partial charge in [-0.2, -0.15) is 10.1 Å². The number of H-pyrrole nitrogens is 1. The first-order valence-electron chi connectivity index (χ1n) is 4.87. The molecule has 0 fully saturated rings. The van der Waals surface area contributed by atoms with Crippen LogP contribution >= 0.6 is 12.2 Å². The van der Waals surface area contributed by atoms with E-state index in [-0.39, 0.29) is 0 Å². The van der Waals surface area contributed by atoms with Crippen molar-refractivity contribution < 1.29 is 4.52 Å². The van der Waals surface area contributed by atoms with E-state index >= 15 is 0 Å². The van der Waals surface area contributed by atoms with Crippen LogP contribution in [0.15, 0.2) is 47.1 Å². The van der Waals surface area contributed by atoms with Crippen LogP contribution in [0.25, 0.3) is 5.57 Å². The Morgan fingerprint density at radius 1 is 1.50 bits per heavy atom. The summed E-state index contributed by atoms with van der Waals surface area (Å²) in [5.41, 5.74) is 1.92. The van der Waals surface area contributed by atoms with Gasteiger partial charge in [-0.1, -0.05) is 36.5 Å². The topological polar surface area (TPSA) is 41.8 Å². The predicted octanol–water partition coefficient (Wildman–Crippen LogP) is 3.82. The predicted molar refractivity (Wildman–Crippen MR) is 68.4 cm³/mol. The van der Waals surface area contributed by atoms with Gasteiger partial charge in [-0.25, -0.2) is 0 Å². The number of aromatic amines is 1. The third-order valence-corrected chi connectivity index (χ3v) is 2.03. The van der Waals surface area contributed by atoms with Crippen LogP contribution in [0.1, 0.15) is 19.7 Å². The van der Waals surface area contributed by atoms with Crippen molar-refractivity contribution in [3.8, 4) is 0 Å². The summed E-state index contributed by atoms with van der Waals surface area (Å²) in [6.45, 7) is 7.69. The lowest BCUT2D eigenvalue weighted by Gasteiger charge is -1.92. The molecule has 1 heterocycles. The van der Waals surface area contributed by atoms with Gasteiger partial charge >= 0.3 is 0 Å². The van der Waals surface area contributed by atoms with Crippen LogP contribution in [-0.4, -0.2) is 10.1 Å². The second-order valence-corrected chi connectivity index (χ2v) is 3.55. The highest BCUT2D eigenvalue weighted by Crippen LogP contribution is 2.12. The summed E-state index contributed by atoms with van der Waals surface area (Å²) >= 11 is 4.83. The Morgan fingerprint density at radius 3 is 2.75 bits per heavy atom. The minimum Gasteiger partial charge on any atom is -0.359 e. The molecule has 0 radical (unpaired) electrons. The van der Waals surface area contributed by atoms with Crippen molar-refractivity contribution in [3.63, 3.8) is 0 Å².